The second-order valence-electron chi connectivity index (χ2n) is 6.78. The Morgan fingerprint density at radius 1 is 1.04 bits per heavy atom. The van der Waals surface area contributed by atoms with E-state index in [1.165, 1.54) is 27.8 Å². The summed E-state index contributed by atoms with van der Waals surface area (Å²) in [5.41, 5.74) is 6.25. The largest absolute Gasteiger partial charge is 0.464 e. The Hall–Kier alpha value is -2.35. The number of allylic oxidation sites excluding steroid dienone is 2. The monoisotopic (exact) mass is 320 g/mol. The van der Waals surface area contributed by atoms with Crippen LogP contribution < -0.4 is 0 Å². The molecule has 24 heavy (non-hydrogen) atoms. The fourth-order valence-corrected chi connectivity index (χ4v) is 3.26. The fourth-order valence-electron chi connectivity index (χ4n) is 3.26. The second-order valence-corrected chi connectivity index (χ2v) is 6.78. The maximum absolute atomic E-state index is 12.3. The molecule has 2 aromatic rings. The van der Waals surface area contributed by atoms with E-state index in [4.69, 9.17) is 4.74 Å². The lowest BCUT2D eigenvalue weighted by Gasteiger charge is -2.16. The molecular formula is C22H24O2. The predicted octanol–water partition coefficient (Wildman–Crippen LogP) is 5.33. The van der Waals surface area contributed by atoms with Gasteiger partial charge in [-0.25, -0.2) is 0 Å². The number of hydrogen-bond donors (Lipinski definition) is 0. The average molecular weight is 320 g/mol. The summed E-state index contributed by atoms with van der Waals surface area (Å²) in [4.78, 5) is 12.3. The lowest BCUT2D eigenvalue weighted by atomic mass is 9.98. The van der Waals surface area contributed by atoms with Crippen LogP contribution >= 0.6 is 0 Å². The topological polar surface area (TPSA) is 26.3 Å². The summed E-state index contributed by atoms with van der Waals surface area (Å²) < 4.78 is 5.67. The summed E-state index contributed by atoms with van der Waals surface area (Å²) in [5.74, 6) is -0.0850. The smallest absolute Gasteiger partial charge is 0.308 e. The van der Waals surface area contributed by atoms with Crippen molar-refractivity contribution in [1.29, 1.82) is 0 Å². The van der Waals surface area contributed by atoms with Gasteiger partial charge in [0.25, 0.3) is 0 Å². The van der Waals surface area contributed by atoms with Gasteiger partial charge in [0, 0.05) is 5.92 Å². The van der Waals surface area contributed by atoms with Gasteiger partial charge >= 0.3 is 5.97 Å². The quantitative estimate of drug-likeness (QED) is 0.549. The van der Waals surface area contributed by atoms with Gasteiger partial charge in [-0.2, -0.15) is 0 Å². The zero-order valence-corrected chi connectivity index (χ0v) is 14.6. The minimum atomic E-state index is -0.116. The molecular weight excluding hydrogens is 296 g/mol. The van der Waals surface area contributed by atoms with Crippen molar-refractivity contribution in [3.05, 3.63) is 71.3 Å². The molecule has 0 spiro atoms. The van der Waals surface area contributed by atoms with Gasteiger partial charge < -0.3 is 4.74 Å². The highest BCUT2D eigenvalue weighted by molar-refractivity contribution is 5.79. The first-order valence-corrected chi connectivity index (χ1v) is 8.56. The molecule has 0 radical (unpaired) electrons. The molecule has 1 aliphatic rings. The molecule has 3 rings (SSSR count). The summed E-state index contributed by atoms with van der Waals surface area (Å²) in [7, 11) is 0. The Morgan fingerprint density at radius 3 is 2.12 bits per heavy atom. The Balaban J connectivity index is 1.74. The van der Waals surface area contributed by atoms with E-state index in [0.29, 0.717) is 6.61 Å². The Kier molecular flexibility index (Phi) is 4.84. The van der Waals surface area contributed by atoms with E-state index in [2.05, 4.69) is 54.6 Å². The zero-order valence-electron chi connectivity index (χ0n) is 14.6. The van der Waals surface area contributed by atoms with Crippen molar-refractivity contribution in [2.24, 2.45) is 5.92 Å². The highest BCUT2D eigenvalue weighted by Crippen LogP contribution is 2.44. The molecule has 124 valence electrons. The maximum atomic E-state index is 12.3. The molecule has 1 aliphatic carbocycles. The van der Waals surface area contributed by atoms with Crippen molar-refractivity contribution in [2.45, 2.75) is 33.1 Å². The minimum absolute atomic E-state index is 0.105. The first-order valence-electron chi connectivity index (χ1n) is 8.56. The van der Waals surface area contributed by atoms with Gasteiger partial charge in [0.2, 0.25) is 0 Å². The van der Waals surface area contributed by atoms with Crippen LogP contribution in [0.4, 0.5) is 0 Å². The van der Waals surface area contributed by atoms with Crippen molar-refractivity contribution in [3.63, 3.8) is 0 Å². The van der Waals surface area contributed by atoms with E-state index >= 15 is 0 Å². The van der Waals surface area contributed by atoms with Gasteiger partial charge in [-0.1, -0.05) is 67.1 Å². The van der Waals surface area contributed by atoms with Crippen molar-refractivity contribution >= 4 is 5.97 Å². The predicted molar refractivity (Wildman–Crippen MR) is 97.9 cm³/mol. The average Bonchev–Trinajstić information content (AvgIpc) is 2.91. The molecule has 0 heterocycles. The van der Waals surface area contributed by atoms with Gasteiger partial charge in [-0.15, -0.1) is 0 Å². The van der Waals surface area contributed by atoms with Crippen LogP contribution in [-0.4, -0.2) is 12.6 Å². The Morgan fingerprint density at radius 2 is 1.58 bits per heavy atom. The van der Waals surface area contributed by atoms with Gasteiger partial charge in [-0.05, 0) is 42.5 Å². The van der Waals surface area contributed by atoms with Crippen LogP contribution in [0, 0.1) is 5.92 Å². The molecule has 2 nitrogen and oxygen atoms in total. The van der Waals surface area contributed by atoms with Crippen LogP contribution in [0.3, 0.4) is 0 Å². The van der Waals surface area contributed by atoms with Crippen LogP contribution in [0.1, 0.15) is 44.2 Å². The summed E-state index contributed by atoms with van der Waals surface area (Å²) >= 11 is 0. The summed E-state index contributed by atoms with van der Waals surface area (Å²) in [6, 6.07) is 16.8. The SMILES string of the molecule is CC(C)=CCC(C)C(=O)OCC1c2ccccc2-c2ccccc21. The molecule has 2 aromatic carbocycles. The first kappa shape index (κ1) is 16.5. The van der Waals surface area contributed by atoms with Gasteiger partial charge in [0.15, 0.2) is 0 Å². The lowest BCUT2D eigenvalue weighted by Crippen LogP contribution is -2.18. The number of hydrogen-bond acceptors (Lipinski definition) is 2. The van der Waals surface area contributed by atoms with Gasteiger partial charge in [0.05, 0.1) is 5.92 Å². The number of benzene rings is 2. The Labute approximate surface area is 144 Å². The van der Waals surface area contributed by atoms with Crippen LogP contribution in [-0.2, 0) is 9.53 Å². The molecule has 1 unspecified atom stereocenters. The zero-order chi connectivity index (χ0) is 17.1. The standard InChI is InChI=1S/C22H24O2/c1-15(2)12-13-16(3)22(23)24-14-21-19-10-6-4-8-17(19)18-9-5-7-11-20(18)21/h4-12,16,21H,13-14H2,1-3H3. The summed E-state index contributed by atoms with van der Waals surface area (Å²) in [6.07, 6.45) is 2.82. The molecule has 0 aliphatic heterocycles. The molecule has 0 N–H and O–H groups in total. The van der Waals surface area contributed by atoms with E-state index in [1.807, 2.05) is 20.8 Å². The van der Waals surface area contributed by atoms with E-state index in [1.54, 1.807) is 0 Å². The number of rotatable bonds is 5. The molecule has 1 atom stereocenters. The number of fused-ring (bicyclic) bond motifs is 3. The fraction of sp³-hybridized carbons (Fsp3) is 0.318. The van der Waals surface area contributed by atoms with Crippen LogP contribution in [0.25, 0.3) is 11.1 Å². The minimum Gasteiger partial charge on any atom is -0.464 e. The molecule has 0 aromatic heterocycles. The van der Waals surface area contributed by atoms with Gasteiger partial charge in [-0.3, -0.25) is 4.79 Å². The van der Waals surface area contributed by atoms with E-state index < -0.39 is 0 Å². The van der Waals surface area contributed by atoms with Crippen LogP contribution in [0.5, 0.6) is 0 Å². The summed E-state index contributed by atoms with van der Waals surface area (Å²) in [5, 5.41) is 0. The number of carbonyl (C=O) groups is 1. The van der Waals surface area contributed by atoms with Crippen molar-refractivity contribution in [3.8, 4) is 11.1 Å². The molecule has 0 fully saturated rings. The Bertz CT molecular complexity index is 724. The van der Waals surface area contributed by atoms with E-state index in [0.717, 1.165) is 6.42 Å². The van der Waals surface area contributed by atoms with Crippen molar-refractivity contribution in [2.75, 3.05) is 6.61 Å². The first-order chi connectivity index (χ1) is 11.6. The second kappa shape index (κ2) is 7.04. The van der Waals surface area contributed by atoms with Crippen molar-refractivity contribution in [1.82, 2.24) is 0 Å². The highest BCUT2D eigenvalue weighted by atomic mass is 16.5. The normalized spacial score (nSPS) is 13.8. The third-order valence-electron chi connectivity index (χ3n) is 4.64. The lowest BCUT2D eigenvalue weighted by molar-refractivity contribution is -0.148. The highest BCUT2D eigenvalue weighted by Gasteiger charge is 2.29. The van der Waals surface area contributed by atoms with Crippen LogP contribution in [0.2, 0.25) is 0 Å². The molecule has 0 amide bonds. The number of carbonyl (C=O) groups excluding carboxylic acids is 1. The van der Waals surface area contributed by atoms with Crippen LogP contribution in [0.15, 0.2) is 60.2 Å². The number of ether oxygens (including phenoxy) is 1. The van der Waals surface area contributed by atoms with E-state index in [-0.39, 0.29) is 17.8 Å². The molecule has 0 saturated heterocycles. The third kappa shape index (κ3) is 3.28. The molecule has 2 heteroatoms. The molecule has 0 saturated carbocycles. The summed E-state index contributed by atoms with van der Waals surface area (Å²) in [6.45, 7) is 6.43. The van der Waals surface area contributed by atoms with E-state index in [9.17, 15) is 4.79 Å². The van der Waals surface area contributed by atoms with Gasteiger partial charge in [0.1, 0.15) is 6.61 Å². The third-order valence-corrected chi connectivity index (χ3v) is 4.64. The maximum Gasteiger partial charge on any atom is 0.308 e. The van der Waals surface area contributed by atoms with Crippen molar-refractivity contribution < 1.29 is 9.53 Å². The molecule has 0 bridgehead atoms. The number of esters is 1.